The maximum Gasteiger partial charge on any atom is 0.232 e. The summed E-state index contributed by atoms with van der Waals surface area (Å²) in [6.07, 6.45) is 2.64. The average Bonchev–Trinajstić information content (AvgIpc) is 2.03. The van der Waals surface area contributed by atoms with Gasteiger partial charge in [-0.05, 0) is 28.1 Å². The molecule has 0 atom stereocenters. The van der Waals surface area contributed by atoms with E-state index in [4.69, 9.17) is 0 Å². The normalized spacial score (nSPS) is 11.3. The molecule has 0 amide bonds. The summed E-state index contributed by atoms with van der Waals surface area (Å²) in [5, 5.41) is 0. The molecule has 13 heavy (non-hydrogen) atoms. The Labute approximate surface area is 85.8 Å². The Bertz CT molecular complexity index is 387. The van der Waals surface area contributed by atoms with Gasteiger partial charge in [-0.15, -0.1) is 0 Å². The smallest absolute Gasteiger partial charge is 0.232 e. The molecule has 1 aromatic heterocycles. The SMILES string of the molecule is CN(c1ccc(Br)nc1)S(C)(=O)=O. The summed E-state index contributed by atoms with van der Waals surface area (Å²) >= 11 is 3.17. The molecule has 0 aliphatic rings. The van der Waals surface area contributed by atoms with E-state index in [1.165, 1.54) is 17.5 Å². The number of hydrogen-bond donors (Lipinski definition) is 0. The summed E-state index contributed by atoms with van der Waals surface area (Å²) in [6, 6.07) is 3.37. The number of halogens is 1. The van der Waals surface area contributed by atoms with E-state index in [9.17, 15) is 8.42 Å². The predicted molar refractivity (Wildman–Crippen MR) is 55.2 cm³/mol. The van der Waals surface area contributed by atoms with Gasteiger partial charge in [-0.3, -0.25) is 4.31 Å². The van der Waals surface area contributed by atoms with Crippen LogP contribution in [0.3, 0.4) is 0 Å². The van der Waals surface area contributed by atoms with Gasteiger partial charge >= 0.3 is 0 Å². The molecular weight excluding hydrogens is 256 g/mol. The van der Waals surface area contributed by atoms with Crippen LogP contribution in [0.2, 0.25) is 0 Å². The molecule has 0 N–H and O–H groups in total. The molecule has 1 heterocycles. The number of rotatable bonds is 2. The van der Waals surface area contributed by atoms with Crippen LogP contribution < -0.4 is 4.31 Å². The third kappa shape index (κ3) is 2.67. The van der Waals surface area contributed by atoms with Crippen LogP contribution in [0.25, 0.3) is 0 Å². The third-order valence-electron chi connectivity index (χ3n) is 1.57. The Kier molecular flexibility index (Phi) is 2.92. The summed E-state index contributed by atoms with van der Waals surface area (Å²) in [4.78, 5) is 3.92. The molecule has 1 rings (SSSR count). The van der Waals surface area contributed by atoms with Crippen LogP contribution in [0.15, 0.2) is 22.9 Å². The van der Waals surface area contributed by atoms with Gasteiger partial charge in [-0.25, -0.2) is 13.4 Å². The molecule has 1 aromatic rings. The summed E-state index contributed by atoms with van der Waals surface area (Å²) in [7, 11) is -1.70. The quantitative estimate of drug-likeness (QED) is 0.756. The Morgan fingerprint density at radius 2 is 2.08 bits per heavy atom. The molecule has 0 unspecified atom stereocenters. The topological polar surface area (TPSA) is 50.3 Å². The highest BCUT2D eigenvalue weighted by molar-refractivity contribution is 9.10. The minimum Gasteiger partial charge on any atom is -0.272 e. The van der Waals surface area contributed by atoms with Crippen LogP contribution in [0.5, 0.6) is 0 Å². The van der Waals surface area contributed by atoms with Crippen LogP contribution in [0, 0.1) is 0 Å². The number of aromatic nitrogens is 1. The molecule has 0 bridgehead atoms. The number of sulfonamides is 1. The second kappa shape index (κ2) is 3.63. The van der Waals surface area contributed by atoms with E-state index in [1.807, 2.05) is 0 Å². The number of hydrogen-bond acceptors (Lipinski definition) is 3. The highest BCUT2D eigenvalue weighted by Gasteiger charge is 2.11. The molecule has 0 aliphatic heterocycles. The number of nitrogens with zero attached hydrogens (tertiary/aromatic N) is 2. The average molecular weight is 265 g/mol. The molecule has 6 heteroatoms. The van der Waals surface area contributed by atoms with Gasteiger partial charge < -0.3 is 0 Å². The zero-order chi connectivity index (χ0) is 10.1. The standard InChI is InChI=1S/C7H9BrN2O2S/c1-10(13(2,11)12)6-3-4-7(8)9-5-6/h3-5H,1-2H3. The first kappa shape index (κ1) is 10.5. The second-order valence-electron chi connectivity index (χ2n) is 2.57. The fourth-order valence-corrected chi connectivity index (χ4v) is 1.47. The van der Waals surface area contributed by atoms with E-state index in [-0.39, 0.29) is 0 Å². The van der Waals surface area contributed by atoms with Gasteiger partial charge in [0.15, 0.2) is 0 Å². The zero-order valence-corrected chi connectivity index (χ0v) is 9.63. The van der Waals surface area contributed by atoms with E-state index < -0.39 is 10.0 Å². The molecule has 0 saturated carbocycles. The largest absolute Gasteiger partial charge is 0.272 e. The Morgan fingerprint density at radius 3 is 2.46 bits per heavy atom. The molecule has 0 aromatic carbocycles. The predicted octanol–water partition coefficient (Wildman–Crippen LogP) is 1.24. The van der Waals surface area contributed by atoms with Gasteiger partial charge in [0.25, 0.3) is 0 Å². The fraction of sp³-hybridized carbons (Fsp3) is 0.286. The van der Waals surface area contributed by atoms with Crippen LogP contribution in [-0.4, -0.2) is 26.7 Å². The molecule has 0 aliphatic carbocycles. The first-order valence-electron chi connectivity index (χ1n) is 3.47. The van der Waals surface area contributed by atoms with Gasteiger partial charge in [0, 0.05) is 7.05 Å². The highest BCUT2D eigenvalue weighted by Crippen LogP contribution is 2.15. The van der Waals surface area contributed by atoms with Crippen molar-refractivity contribution in [2.75, 3.05) is 17.6 Å². The van der Waals surface area contributed by atoms with Crippen molar-refractivity contribution in [3.05, 3.63) is 22.9 Å². The lowest BCUT2D eigenvalue weighted by Crippen LogP contribution is -2.24. The van der Waals surface area contributed by atoms with Crippen LogP contribution in [0.1, 0.15) is 0 Å². The molecule has 0 saturated heterocycles. The van der Waals surface area contributed by atoms with Crippen LogP contribution in [0.4, 0.5) is 5.69 Å². The van der Waals surface area contributed by atoms with Crippen molar-refractivity contribution in [3.8, 4) is 0 Å². The van der Waals surface area contributed by atoms with Crippen molar-refractivity contribution < 1.29 is 8.42 Å². The molecule has 72 valence electrons. The van der Waals surface area contributed by atoms with Gasteiger partial charge in [0.05, 0.1) is 18.1 Å². The monoisotopic (exact) mass is 264 g/mol. The first-order chi connectivity index (χ1) is 5.91. The third-order valence-corrected chi connectivity index (χ3v) is 3.25. The van der Waals surface area contributed by atoms with Crippen LogP contribution >= 0.6 is 15.9 Å². The Morgan fingerprint density at radius 1 is 1.46 bits per heavy atom. The zero-order valence-electron chi connectivity index (χ0n) is 7.23. The van der Waals surface area contributed by atoms with Crippen molar-refractivity contribution in [1.82, 2.24) is 4.98 Å². The van der Waals surface area contributed by atoms with Crippen molar-refractivity contribution in [1.29, 1.82) is 0 Å². The molecule has 0 fully saturated rings. The Balaban J connectivity index is 3.04. The summed E-state index contributed by atoms with van der Waals surface area (Å²) in [5.74, 6) is 0. The minimum atomic E-state index is -3.19. The number of anilines is 1. The summed E-state index contributed by atoms with van der Waals surface area (Å²) in [6.45, 7) is 0. The van der Waals surface area contributed by atoms with Crippen molar-refractivity contribution in [3.63, 3.8) is 0 Å². The van der Waals surface area contributed by atoms with E-state index in [1.54, 1.807) is 12.1 Å². The van der Waals surface area contributed by atoms with Gasteiger partial charge in [0.1, 0.15) is 4.60 Å². The number of pyridine rings is 1. The van der Waals surface area contributed by atoms with E-state index >= 15 is 0 Å². The lowest BCUT2D eigenvalue weighted by Gasteiger charge is -2.15. The molecule has 0 spiro atoms. The van der Waals surface area contributed by atoms with E-state index in [0.717, 1.165) is 6.26 Å². The maximum absolute atomic E-state index is 11.1. The van der Waals surface area contributed by atoms with Crippen molar-refractivity contribution in [2.24, 2.45) is 0 Å². The maximum atomic E-state index is 11.1. The van der Waals surface area contributed by atoms with E-state index in [2.05, 4.69) is 20.9 Å². The fourth-order valence-electron chi connectivity index (χ4n) is 0.746. The molecule has 4 nitrogen and oxygen atoms in total. The second-order valence-corrected chi connectivity index (χ2v) is 5.40. The van der Waals surface area contributed by atoms with Crippen LogP contribution in [-0.2, 0) is 10.0 Å². The summed E-state index contributed by atoms with van der Waals surface area (Å²) in [5.41, 5.74) is 0.547. The summed E-state index contributed by atoms with van der Waals surface area (Å²) < 4.78 is 24.1. The van der Waals surface area contributed by atoms with Crippen molar-refractivity contribution in [2.45, 2.75) is 0 Å². The van der Waals surface area contributed by atoms with Gasteiger partial charge in [0.2, 0.25) is 10.0 Å². The molecular formula is C7H9BrN2O2S. The van der Waals surface area contributed by atoms with Crippen molar-refractivity contribution >= 4 is 31.6 Å². The highest BCUT2D eigenvalue weighted by atomic mass is 79.9. The lowest BCUT2D eigenvalue weighted by atomic mass is 10.4. The van der Waals surface area contributed by atoms with E-state index in [0.29, 0.717) is 10.3 Å². The lowest BCUT2D eigenvalue weighted by molar-refractivity contribution is 0.600. The van der Waals surface area contributed by atoms with Gasteiger partial charge in [-0.1, -0.05) is 0 Å². The molecule has 0 radical (unpaired) electrons. The minimum absolute atomic E-state index is 0.547. The Hall–Kier alpha value is -0.620. The first-order valence-corrected chi connectivity index (χ1v) is 6.11. The van der Waals surface area contributed by atoms with Gasteiger partial charge in [-0.2, -0.15) is 0 Å².